The van der Waals surface area contributed by atoms with E-state index in [1.165, 1.54) is 21.9 Å². The summed E-state index contributed by atoms with van der Waals surface area (Å²) in [5.41, 5.74) is 0.218. The molecule has 0 aromatic heterocycles. The highest BCUT2D eigenvalue weighted by atomic mass is 32.1. The molecular formula is C18H20N4O4S. The highest BCUT2D eigenvalue weighted by Crippen LogP contribution is 2.49. The predicted molar refractivity (Wildman–Crippen MR) is 102 cm³/mol. The number of non-ortho nitro benzene ring substituents is 1. The summed E-state index contributed by atoms with van der Waals surface area (Å²) in [7, 11) is 3.18. The number of carbonyl (C=O) groups excluding carboxylic acids is 2. The molecule has 0 radical (unpaired) electrons. The number of carbonyl (C=O) groups is 2. The molecular weight excluding hydrogens is 368 g/mol. The number of nitro benzene ring substituents is 1. The minimum atomic E-state index is -1.30. The Kier molecular flexibility index (Phi) is 3.95. The molecule has 0 unspecified atom stereocenters. The fraction of sp³-hybridized carbons (Fsp3) is 0.500. The van der Waals surface area contributed by atoms with Gasteiger partial charge in [0.1, 0.15) is 0 Å². The van der Waals surface area contributed by atoms with E-state index in [9.17, 15) is 19.7 Å². The lowest BCUT2D eigenvalue weighted by molar-refractivity contribution is -0.384. The van der Waals surface area contributed by atoms with Crippen LogP contribution in [0.2, 0.25) is 0 Å². The van der Waals surface area contributed by atoms with Crippen molar-refractivity contribution in [2.24, 2.45) is 5.41 Å². The monoisotopic (exact) mass is 388 g/mol. The van der Waals surface area contributed by atoms with Gasteiger partial charge >= 0.3 is 0 Å². The first-order valence-corrected chi connectivity index (χ1v) is 9.34. The molecule has 9 heteroatoms. The number of thiocarbonyl (C=S) groups is 1. The molecule has 3 heterocycles. The molecule has 1 spiro atoms. The van der Waals surface area contributed by atoms with E-state index >= 15 is 0 Å². The first kappa shape index (κ1) is 17.8. The molecule has 2 fully saturated rings. The molecule has 8 nitrogen and oxygen atoms in total. The van der Waals surface area contributed by atoms with E-state index in [2.05, 4.69) is 4.90 Å². The molecule has 2 amide bonds. The van der Waals surface area contributed by atoms with Crippen LogP contribution in [0, 0.1) is 15.5 Å². The maximum absolute atomic E-state index is 13.4. The van der Waals surface area contributed by atoms with E-state index < -0.39 is 10.3 Å². The Bertz CT molecular complexity index is 862. The first-order chi connectivity index (χ1) is 12.8. The second-order valence-corrected chi connectivity index (χ2v) is 7.80. The number of hydrogen-bond acceptors (Lipinski definition) is 6. The number of rotatable bonds is 1. The number of fused-ring (bicyclic) bond motifs is 4. The van der Waals surface area contributed by atoms with Crippen molar-refractivity contribution in [1.82, 2.24) is 9.80 Å². The molecule has 1 atom stereocenters. The standard InChI is InChI=1S/C18H20N4O4S/c1-19-15(23)18(16(24)20(2)17(19)27)10-11-9-12(22(25)26)6-7-13(11)21-8-4-3-5-14(18)21/h6-7,9,14H,3-5,8,10H2,1-2H3/t14-/m1/s1. The van der Waals surface area contributed by atoms with Gasteiger partial charge < -0.3 is 4.90 Å². The maximum atomic E-state index is 13.4. The Morgan fingerprint density at radius 1 is 1.19 bits per heavy atom. The van der Waals surface area contributed by atoms with Crippen LogP contribution in [-0.2, 0) is 16.0 Å². The second kappa shape index (κ2) is 5.98. The van der Waals surface area contributed by atoms with E-state index in [1.54, 1.807) is 20.2 Å². The molecule has 27 heavy (non-hydrogen) atoms. The minimum absolute atomic E-state index is 0.0349. The van der Waals surface area contributed by atoms with Crippen LogP contribution in [0.15, 0.2) is 18.2 Å². The Morgan fingerprint density at radius 3 is 2.48 bits per heavy atom. The fourth-order valence-electron chi connectivity index (χ4n) is 4.78. The molecule has 1 aromatic carbocycles. The summed E-state index contributed by atoms with van der Waals surface area (Å²) in [5.74, 6) is -0.630. The van der Waals surface area contributed by atoms with Crippen molar-refractivity contribution in [2.45, 2.75) is 31.7 Å². The molecule has 0 bridgehead atoms. The van der Waals surface area contributed by atoms with E-state index in [0.717, 1.165) is 31.5 Å². The van der Waals surface area contributed by atoms with Crippen LogP contribution in [-0.4, -0.2) is 58.3 Å². The van der Waals surface area contributed by atoms with Gasteiger partial charge in [0, 0.05) is 44.9 Å². The van der Waals surface area contributed by atoms with Gasteiger partial charge in [-0.15, -0.1) is 0 Å². The number of amides is 2. The topological polar surface area (TPSA) is 87.0 Å². The van der Waals surface area contributed by atoms with Gasteiger partial charge in [-0.1, -0.05) is 0 Å². The Labute approximate surface area is 161 Å². The van der Waals surface area contributed by atoms with E-state index in [4.69, 9.17) is 12.2 Å². The van der Waals surface area contributed by atoms with Crippen LogP contribution >= 0.6 is 12.2 Å². The Balaban J connectivity index is 1.92. The van der Waals surface area contributed by atoms with Gasteiger partial charge in [-0.2, -0.15) is 0 Å². The SMILES string of the molecule is CN1C(=O)C2(Cc3cc([N+](=O)[O-])ccc3N3CCCC[C@@H]32)C(=O)N(C)C1=S. The Morgan fingerprint density at radius 2 is 1.85 bits per heavy atom. The number of nitro groups is 1. The van der Waals surface area contributed by atoms with Gasteiger partial charge in [0.2, 0.25) is 11.8 Å². The maximum Gasteiger partial charge on any atom is 0.269 e. The number of hydrogen-bond donors (Lipinski definition) is 0. The van der Waals surface area contributed by atoms with Gasteiger partial charge in [-0.05, 0) is 43.1 Å². The third-order valence-electron chi connectivity index (χ3n) is 6.07. The fourth-order valence-corrected chi connectivity index (χ4v) is 4.95. The summed E-state index contributed by atoms with van der Waals surface area (Å²) >= 11 is 5.24. The molecule has 4 rings (SSSR count). The smallest absolute Gasteiger partial charge is 0.269 e. The third kappa shape index (κ3) is 2.30. The van der Waals surface area contributed by atoms with Gasteiger partial charge in [0.15, 0.2) is 10.5 Å². The number of anilines is 1. The average Bonchev–Trinajstić information content (AvgIpc) is 2.68. The molecule has 0 N–H and O–H groups in total. The number of benzene rings is 1. The van der Waals surface area contributed by atoms with Crippen LogP contribution in [0.5, 0.6) is 0 Å². The zero-order valence-corrected chi connectivity index (χ0v) is 16.0. The third-order valence-corrected chi connectivity index (χ3v) is 6.62. The molecule has 1 aromatic rings. The largest absolute Gasteiger partial charge is 0.367 e. The van der Waals surface area contributed by atoms with Gasteiger partial charge in [0.05, 0.1) is 11.0 Å². The summed E-state index contributed by atoms with van der Waals surface area (Å²) < 4.78 is 0. The zero-order chi connectivity index (χ0) is 19.5. The van der Waals surface area contributed by atoms with Crippen LogP contribution in [0.1, 0.15) is 24.8 Å². The van der Waals surface area contributed by atoms with Crippen molar-refractivity contribution < 1.29 is 14.5 Å². The highest BCUT2D eigenvalue weighted by Gasteiger charge is 2.62. The molecule has 3 aliphatic heterocycles. The average molecular weight is 388 g/mol. The summed E-state index contributed by atoms with van der Waals surface area (Å²) in [6, 6.07) is 4.46. The van der Waals surface area contributed by atoms with E-state index in [0.29, 0.717) is 5.56 Å². The van der Waals surface area contributed by atoms with Crippen LogP contribution in [0.4, 0.5) is 11.4 Å². The molecule has 142 valence electrons. The first-order valence-electron chi connectivity index (χ1n) is 8.93. The lowest BCUT2D eigenvalue weighted by atomic mass is 9.66. The molecule has 0 saturated carbocycles. The van der Waals surface area contributed by atoms with Crippen molar-refractivity contribution in [3.05, 3.63) is 33.9 Å². The van der Waals surface area contributed by atoms with E-state index in [1.807, 2.05) is 0 Å². The minimum Gasteiger partial charge on any atom is -0.367 e. The van der Waals surface area contributed by atoms with Crippen LogP contribution in [0.25, 0.3) is 0 Å². The number of nitrogens with zero attached hydrogens (tertiary/aromatic N) is 4. The molecule has 3 aliphatic rings. The lowest BCUT2D eigenvalue weighted by Crippen LogP contribution is -2.72. The lowest BCUT2D eigenvalue weighted by Gasteiger charge is -2.55. The molecule has 2 saturated heterocycles. The van der Waals surface area contributed by atoms with Gasteiger partial charge in [0.25, 0.3) is 5.69 Å². The zero-order valence-electron chi connectivity index (χ0n) is 15.2. The Hall–Kier alpha value is -2.55. The normalized spacial score (nSPS) is 24.1. The predicted octanol–water partition coefficient (Wildman–Crippen LogP) is 1.71. The van der Waals surface area contributed by atoms with Gasteiger partial charge in [-0.25, -0.2) is 0 Å². The summed E-state index contributed by atoms with van der Waals surface area (Å²) in [5, 5.41) is 11.4. The summed E-state index contributed by atoms with van der Waals surface area (Å²) in [4.78, 5) is 42.4. The van der Waals surface area contributed by atoms with E-state index in [-0.39, 0.29) is 35.1 Å². The van der Waals surface area contributed by atoms with Crippen molar-refractivity contribution in [3.8, 4) is 0 Å². The highest BCUT2D eigenvalue weighted by molar-refractivity contribution is 7.80. The van der Waals surface area contributed by atoms with Crippen molar-refractivity contribution >= 4 is 40.5 Å². The quantitative estimate of drug-likeness (QED) is 0.315. The number of piperidine rings is 1. The van der Waals surface area contributed by atoms with Gasteiger partial charge in [-0.3, -0.25) is 29.5 Å². The van der Waals surface area contributed by atoms with Crippen molar-refractivity contribution in [2.75, 3.05) is 25.5 Å². The van der Waals surface area contributed by atoms with Crippen molar-refractivity contribution in [1.29, 1.82) is 0 Å². The summed E-state index contributed by atoms with van der Waals surface area (Å²) in [6.07, 6.45) is 2.77. The van der Waals surface area contributed by atoms with Crippen LogP contribution < -0.4 is 4.90 Å². The second-order valence-electron chi connectivity index (χ2n) is 7.43. The van der Waals surface area contributed by atoms with Crippen LogP contribution in [0.3, 0.4) is 0 Å². The molecule has 0 aliphatic carbocycles. The summed E-state index contributed by atoms with van der Waals surface area (Å²) in [6.45, 7) is 0.718. The van der Waals surface area contributed by atoms with Crippen molar-refractivity contribution in [3.63, 3.8) is 0 Å².